The van der Waals surface area contributed by atoms with Crippen LogP contribution in [0.5, 0.6) is 0 Å². The molecule has 0 fully saturated rings. The van der Waals surface area contributed by atoms with Gasteiger partial charge in [0.15, 0.2) is 0 Å². The molecule has 2 aliphatic heterocycles. The van der Waals surface area contributed by atoms with Crippen LogP contribution in [0, 0.1) is 10.1 Å². The highest BCUT2D eigenvalue weighted by Gasteiger charge is 2.42. The zero-order valence-electron chi connectivity index (χ0n) is 15.5. The molecule has 9 heteroatoms. The average molecular weight is 411 g/mol. The standard InChI is InChI=1S/C20H17N3O5S/c1-12-9-10-21(14-6-2-3-8-16(14)29-12)17(24)11-22-19(25)13-5-4-7-15(23(27)28)18(13)20(22)26/h2-8,12H,9-11H2,1H3/t12-/m0/s1. The van der Waals surface area contributed by atoms with E-state index in [4.69, 9.17) is 0 Å². The van der Waals surface area contributed by atoms with Gasteiger partial charge in [-0.25, -0.2) is 0 Å². The fraction of sp³-hybridized carbons (Fsp3) is 0.250. The van der Waals surface area contributed by atoms with Crippen LogP contribution in [0.25, 0.3) is 0 Å². The van der Waals surface area contributed by atoms with E-state index in [-0.39, 0.29) is 11.1 Å². The Hall–Kier alpha value is -3.20. The number of fused-ring (bicyclic) bond motifs is 2. The van der Waals surface area contributed by atoms with Crippen molar-refractivity contribution in [1.82, 2.24) is 4.90 Å². The van der Waals surface area contributed by atoms with Gasteiger partial charge in [0.05, 0.1) is 16.2 Å². The van der Waals surface area contributed by atoms with Crippen LogP contribution in [-0.4, -0.2) is 45.9 Å². The number of anilines is 1. The van der Waals surface area contributed by atoms with Crippen molar-refractivity contribution in [3.63, 3.8) is 0 Å². The lowest BCUT2D eigenvalue weighted by atomic mass is 10.1. The summed E-state index contributed by atoms with van der Waals surface area (Å²) < 4.78 is 0. The topological polar surface area (TPSA) is 101 Å². The Bertz CT molecular complexity index is 1050. The van der Waals surface area contributed by atoms with E-state index in [2.05, 4.69) is 6.92 Å². The lowest BCUT2D eigenvalue weighted by molar-refractivity contribution is -0.385. The molecule has 2 aliphatic rings. The molecular weight excluding hydrogens is 394 g/mol. The second kappa shape index (κ2) is 7.32. The van der Waals surface area contributed by atoms with Crippen molar-refractivity contribution in [3.8, 4) is 0 Å². The van der Waals surface area contributed by atoms with Gasteiger partial charge >= 0.3 is 0 Å². The van der Waals surface area contributed by atoms with E-state index in [1.165, 1.54) is 18.2 Å². The maximum Gasteiger partial charge on any atom is 0.282 e. The van der Waals surface area contributed by atoms with Crippen LogP contribution in [0.1, 0.15) is 34.1 Å². The fourth-order valence-corrected chi connectivity index (χ4v) is 4.69. The summed E-state index contributed by atoms with van der Waals surface area (Å²) in [5.41, 5.74) is 0.0174. The highest BCUT2D eigenvalue weighted by atomic mass is 32.2. The van der Waals surface area contributed by atoms with Crippen LogP contribution in [0.3, 0.4) is 0 Å². The third kappa shape index (κ3) is 3.27. The number of carbonyl (C=O) groups excluding carboxylic acids is 3. The Morgan fingerprint density at radius 3 is 2.69 bits per heavy atom. The fourth-order valence-electron chi connectivity index (χ4n) is 3.58. The number of para-hydroxylation sites is 1. The number of nitro benzene ring substituents is 1. The quantitative estimate of drug-likeness (QED) is 0.437. The van der Waals surface area contributed by atoms with Crippen LogP contribution >= 0.6 is 11.8 Å². The van der Waals surface area contributed by atoms with Gasteiger partial charge in [0.2, 0.25) is 5.91 Å². The minimum absolute atomic E-state index is 0.0440. The molecule has 8 nitrogen and oxygen atoms in total. The number of benzene rings is 2. The Labute approximate surface area is 170 Å². The molecule has 4 rings (SSSR count). The van der Waals surface area contributed by atoms with Crippen LogP contribution in [0.2, 0.25) is 0 Å². The first-order valence-electron chi connectivity index (χ1n) is 9.08. The first-order valence-corrected chi connectivity index (χ1v) is 9.96. The minimum Gasteiger partial charge on any atom is -0.310 e. The Kier molecular flexibility index (Phi) is 4.83. The molecule has 0 bridgehead atoms. The van der Waals surface area contributed by atoms with Crippen LogP contribution in [-0.2, 0) is 4.79 Å². The summed E-state index contributed by atoms with van der Waals surface area (Å²) in [4.78, 5) is 52.4. The molecule has 148 valence electrons. The molecule has 0 aromatic heterocycles. The van der Waals surface area contributed by atoms with Gasteiger partial charge < -0.3 is 4.90 Å². The van der Waals surface area contributed by atoms with Gasteiger partial charge in [-0.15, -0.1) is 11.8 Å². The van der Waals surface area contributed by atoms with E-state index in [1.807, 2.05) is 24.3 Å². The number of carbonyl (C=O) groups is 3. The molecule has 2 heterocycles. The number of rotatable bonds is 3. The van der Waals surface area contributed by atoms with Crippen molar-refractivity contribution in [3.05, 3.63) is 63.7 Å². The number of hydrogen-bond acceptors (Lipinski definition) is 6. The zero-order valence-corrected chi connectivity index (χ0v) is 16.3. The number of nitro groups is 1. The van der Waals surface area contributed by atoms with Gasteiger partial charge in [-0.3, -0.25) is 29.4 Å². The monoisotopic (exact) mass is 411 g/mol. The molecule has 0 aliphatic carbocycles. The van der Waals surface area contributed by atoms with E-state index in [1.54, 1.807) is 16.7 Å². The molecule has 0 unspecified atom stereocenters. The van der Waals surface area contributed by atoms with Gasteiger partial charge in [0, 0.05) is 22.8 Å². The van der Waals surface area contributed by atoms with E-state index >= 15 is 0 Å². The molecule has 2 aromatic rings. The number of hydrogen-bond donors (Lipinski definition) is 0. The highest BCUT2D eigenvalue weighted by Crippen LogP contribution is 2.37. The van der Waals surface area contributed by atoms with Crippen molar-refractivity contribution in [2.45, 2.75) is 23.5 Å². The third-order valence-electron chi connectivity index (χ3n) is 5.01. The van der Waals surface area contributed by atoms with Gasteiger partial charge in [-0.2, -0.15) is 0 Å². The smallest absolute Gasteiger partial charge is 0.282 e. The molecule has 0 N–H and O–H groups in total. The minimum atomic E-state index is -0.809. The van der Waals surface area contributed by atoms with E-state index in [0.29, 0.717) is 11.8 Å². The van der Waals surface area contributed by atoms with Crippen LogP contribution < -0.4 is 4.90 Å². The zero-order chi connectivity index (χ0) is 20.7. The largest absolute Gasteiger partial charge is 0.310 e. The number of thioether (sulfide) groups is 1. The Balaban J connectivity index is 1.63. The van der Waals surface area contributed by atoms with Crippen molar-refractivity contribution in [2.24, 2.45) is 0 Å². The lowest BCUT2D eigenvalue weighted by Crippen LogP contribution is -2.43. The van der Waals surface area contributed by atoms with E-state index in [9.17, 15) is 24.5 Å². The molecule has 3 amide bonds. The Morgan fingerprint density at radius 2 is 1.93 bits per heavy atom. The number of nitrogens with zero attached hydrogens (tertiary/aromatic N) is 3. The second-order valence-corrected chi connectivity index (χ2v) is 8.36. The molecule has 0 spiro atoms. The van der Waals surface area contributed by atoms with Gasteiger partial charge in [-0.05, 0) is 24.6 Å². The molecular formula is C20H17N3O5S. The Morgan fingerprint density at radius 1 is 1.17 bits per heavy atom. The highest BCUT2D eigenvalue weighted by molar-refractivity contribution is 8.00. The second-order valence-electron chi connectivity index (χ2n) is 6.88. The maximum absolute atomic E-state index is 13.1. The summed E-state index contributed by atoms with van der Waals surface area (Å²) in [6.45, 7) is 2.09. The number of imide groups is 1. The molecule has 0 saturated heterocycles. The summed E-state index contributed by atoms with van der Waals surface area (Å²) in [6, 6.07) is 11.4. The molecule has 2 aromatic carbocycles. The predicted octanol–water partition coefficient (Wildman–Crippen LogP) is 3.11. The lowest BCUT2D eigenvalue weighted by Gasteiger charge is -2.24. The summed E-state index contributed by atoms with van der Waals surface area (Å²) in [7, 11) is 0. The van der Waals surface area contributed by atoms with Crippen molar-refractivity contribution in [2.75, 3.05) is 18.0 Å². The summed E-state index contributed by atoms with van der Waals surface area (Å²) in [5, 5.41) is 11.6. The first-order chi connectivity index (χ1) is 13.9. The SMILES string of the molecule is C[C@H]1CCN(C(=O)CN2C(=O)c3cccc([N+](=O)[O-])c3C2=O)c2ccccc2S1. The van der Waals surface area contributed by atoms with E-state index < -0.39 is 34.9 Å². The van der Waals surface area contributed by atoms with Crippen LogP contribution in [0.4, 0.5) is 11.4 Å². The third-order valence-corrected chi connectivity index (χ3v) is 6.25. The van der Waals surface area contributed by atoms with Crippen molar-refractivity contribution >= 4 is 40.9 Å². The molecule has 0 radical (unpaired) electrons. The molecule has 0 saturated carbocycles. The van der Waals surface area contributed by atoms with Crippen LogP contribution in [0.15, 0.2) is 47.4 Å². The predicted molar refractivity (Wildman–Crippen MR) is 107 cm³/mol. The summed E-state index contributed by atoms with van der Waals surface area (Å²) in [5.74, 6) is -1.89. The van der Waals surface area contributed by atoms with E-state index in [0.717, 1.165) is 21.9 Å². The summed E-state index contributed by atoms with van der Waals surface area (Å²) in [6.07, 6.45) is 0.763. The molecule has 1 atom stereocenters. The molecule has 29 heavy (non-hydrogen) atoms. The van der Waals surface area contributed by atoms with Crippen molar-refractivity contribution in [1.29, 1.82) is 0 Å². The van der Waals surface area contributed by atoms with Gasteiger partial charge in [-0.1, -0.05) is 25.1 Å². The normalized spacial score (nSPS) is 18.3. The first kappa shape index (κ1) is 19.1. The summed E-state index contributed by atoms with van der Waals surface area (Å²) >= 11 is 1.68. The average Bonchev–Trinajstić information content (AvgIpc) is 2.84. The van der Waals surface area contributed by atoms with Gasteiger partial charge in [0.25, 0.3) is 17.5 Å². The maximum atomic E-state index is 13.1. The van der Waals surface area contributed by atoms with Gasteiger partial charge in [0.1, 0.15) is 12.1 Å². The van der Waals surface area contributed by atoms with Crippen molar-refractivity contribution < 1.29 is 19.3 Å². The number of amides is 3.